The van der Waals surface area contributed by atoms with Gasteiger partial charge >= 0.3 is 0 Å². The van der Waals surface area contributed by atoms with Crippen LogP contribution in [0.2, 0.25) is 0 Å². The van der Waals surface area contributed by atoms with E-state index in [9.17, 15) is 4.79 Å². The monoisotopic (exact) mass is 272 g/mol. The smallest absolute Gasteiger partial charge is 0.273 e. The summed E-state index contributed by atoms with van der Waals surface area (Å²) in [6, 6.07) is 3.50. The van der Waals surface area contributed by atoms with E-state index >= 15 is 0 Å². The van der Waals surface area contributed by atoms with Gasteiger partial charge in [0.2, 0.25) is 0 Å². The number of nitrogens with zero attached hydrogens (tertiary/aromatic N) is 2. The summed E-state index contributed by atoms with van der Waals surface area (Å²) in [6.07, 6.45) is 6.54. The molecule has 0 saturated heterocycles. The van der Waals surface area contributed by atoms with Crippen LogP contribution in [0.4, 0.5) is 0 Å². The number of amides is 1. The maximum absolute atomic E-state index is 12.4. The molecular formula is C16H20N2O2. The third kappa shape index (κ3) is 3.58. The highest BCUT2D eigenvalue weighted by Crippen LogP contribution is 2.25. The number of aromatic nitrogens is 1. The molecule has 2 rings (SSSR count). The number of aliphatic hydroxyl groups is 1. The molecule has 0 aliphatic heterocycles. The van der Waals surface area contributed by atoms with Crippen molar-refractivity contribution in [1.29, 1.82) is 0 Å². The molecule has 1 heterocycles. The number of hydrogen-bond acceptors (Lipinski definition) is 3. The molecule has 1 amide bonds. The lowest BCUT2D eigenvalue weighted by Crippen LogP contribution is -2.32. The SMILES string of the molecule is CN(CC1CCCC1)C(=O)c1ncccc1C#CCO. The zero-order valence-electron chi connectivity index (χ0n) is 11.8. The van der Waals surface area contributed by atoms with Gasteiger partial charge in [-0.2, -0.15) is 0 Å². The average molecular weight is 272 g/mol. The third-order valence-electron chi connectivity index (χ3n) is 3.67. The molecule has 0 bridgehead atoms. The quantitative estimate of drug-likeness (QED) is 0.852. The molecule has 1 fully saturated rings. The van der Waals surface area contributed by atoms with Crippen LogP contribution in [0, 0.1) is 17.8 Å². The standard InChI is InChI=1S/C16H20N2O2/c1-18(12-13-6-2-3-7-13)16(20)15-14(9-5-11-19)8-4-10-17-15/h4,8,10,13,19H,2-3,6-7,11-12H2,1H3. The van der Waals surface area contributed by atoms with Crippen molar-refractivity contribution in [3.8, 4) is 11.8 Å². The normalized spacial score (nSPS) is 14.7. The molecule has 1 aromatic rings. The van der Waals surface area contributed by atoms with Crippen molar-refractivity contribution in [3.05, 3.63) is 29.6 Å². The summed E-state index contributed by atoms with van der Waals surface area (Å²) in [5, 5.41) is 8.77. The Hall–Kier alpha value is -1.86. The summed E-state index contributed by atoms with van der Waals surface area (Å²) >= 11 is 0. The second-order valence-corrected chi connectivity index (χ2v) is 5.20. The van der Waals surface area contributed by atoms with Gasteiger partial charge in [0.25, 0.3) is 5.91 Å². The minimum absolute atomic E-state index is 0.0975. The maximum Gasteiger partial charge on any atom is 0.273 e. The second kappa shape index (κ2) is 7.06. The van der Waals surface area contributed by atoms with Crippen LogP contribution in [0.15, 0.2) is 18.3 Å². The number of hydrogen-bond donors (Lipinski definition) is 1. The predicted molar refractivity (Wildman–Crippen MR) is 77.1 cm³/mol. The fourth-order valence-electron chi connectivity index (χ4n) is 2.66. The second-order valence-electron chi connectivity index (χ2n) is 5.20. The highest BCUT2D eigenvalue weighted by atomic mass is 16.2. The van der Waals surface area contributed by atoms with E-state index in [1.165, 1.54) is 25.7 Å². The zero-order chi connectivity index (χ0) is 14.4. The molecule has 1 N–H and O–H groups in total. The van der Waals surface area contributed by atoms with E-state index in [0.717, 1.165) is 6.54 Å². The summed E-state index contributed by atoms with van der Waals surface area (Å²) in [7, 11) is 1.82. The molecule has 0 atom stereocenters. The number of carbonyl (C=O) groups is 1. The van der Waals surface area contributed by atoms with E-state index in [-0.39, 0.29) is 12.5 Å². The van der Waals surface area contributed by atoms with Crippen LogP contribution in [-0.2, 0) is 0 Å². The number of pyridine rings is 1. The molecule has 4 nitrogen and oxygen atoms in total. The molecule has 1 aliphatic rings. The third-order valence-corrected chi connectivity index (χ3v) is 3.67. The highest BCUT2D eigenvalue weighted by molar-refractivity contribution is 5.94. The van der Waals surface area contributed by atoms with Gasteiger partial charge in [0.1, 0.15) is 12.3 Å². The highest BCUT2D eigenvalue weighted by Gasteiger charge is 2.22. The van der Waals surface area contributed by atoms with Gasteiger partial charge < -0.3 is 10.0 Å². The van der Waals surface area contributed by atoms with Crippen LogP contribution in [0.1, 0.15) is 41.7 Å². The first-order chi connectivity index (χ1) is 9.72. The van der Waals surface area contributed by atoms with Gasteiger partial charge in [-0.1, -0.05) is 24.7 Å². The first-order valence-corrected chi connectivity index (χ1v) is 7.02. The van der Waals surface area contributed by atoms with E-state index < -0.39 is 0 Å². The van der Waals surface area contributed by atoms with Crippen LogP contribution in [0.5, 0.6) is 0 Å². The average Bonchev–Trinajstić information content (AvgIpc) is 2.97. The zero-order valence-corrected chi connectivity index (χ0v) is 11.8. The predicted octanol–water partition coefficient (Wildman–Crippen LogP) is 1.69. The van der Waals surface area contributed by atoms with Crippen LogP contribution in [-0.4, -0.2) is 41.1 Å². The van der Waals surface area contributed by atoms with Crippen molar-refractivity contribution in [3.63, 3.8) is 0 Å². The van der Waals surface area contributed by atoms with Crippen LogP contribution in [0.25, 0.3) is 0 Å². The van der Waals surface area contributed by atoms with Gasteiger partial charge in [-0.05, 0) is 30.9 Å². The lowest BCUT2D eigenvalue weighted by molar-refractivity contribution is 0.0767. The lowest BCUT2D eigenvalue weighted by atomic mass is 10.1. The van der Waals surface area contributed by atoms with Gasteiger partial charge in [-0.25, -0.2) is 4.98 Å². The van der Waals surface area contributed by atoms with Crippen molar-refractivity contribution >= 4 is 5.91 Å². The summed E-state index contributed by atoms with van der Waals surface area (Å²) in [4.78, 5) is 18.3. The number of aliphatic hydroxyl groups excluding tert-OH is 1. The first kappa shape index (κ1) is 14.5. The summed E-state index contributed by atoms with van der Waals surface area (Å²) < 4.78 is 0. The molecule has 20 heavy (non-hydrogen) atoms. The molecule has 106 valence electrons. The molecule has 1 aromatic heterocycles. The molecule has 0 aromatic carbocycles. The van der Waals surface area contributed by atoms with E-state index in [1.807, 2.05) is 7.05 Å². The molecule has 0 radical (unpaired) electrons. The summed E-state index contributed by atoms with van der Waals surface area (Å²) in [6.45, 7) is 0.558. The molecule has 1 aliphatic carbocycles. The Kier molecular flexibility index (Phi) is 5.14. The Morgan fingerprint density at radius 3 is 2.95 bits per heavy atom. The van der Waals surface area contributed by atoms with Crippen LogP contribution < -0.4 is 0 Å². The van der Waals surface area contributed by atoms with E-state index in [1.54, 1.807) is 23.2 Å². The van der Waals surface area contributed by atoms with Crippen molar-refractivity contribution in [2.24, 2.45) is 5.92 Å². The van der Waals surface area contributed by atoms with Crippen molar-refractivity contribution in [2.75, 3.05) is 20.2 Å². The van der Waals surface area contributed by atoms with Gasteiger partial charge in [0.15, 0.2) is 0 Å². The molecule has 0 spiro atoms. The Bertz CT molecular complexity index is 525. The number of carbonyl (C=O) groups excluding carboxylic acids is 1. The lowest BCUT2D eigenvalue weighted by Gasteiger charge is -2.21. The molecule has 1 saturated carbocycles. The van der Waals surface area contributed by atoms with Crippen molar-refractivity contribution < 1.29 is 9.90 Å². The fourth-order valence-corrected chi connectivity index (χ4v) is 2.66. The van der Waals surface area contributed by atoms with E-state index in [4.69, 9.17) is 5.11 Å². The van der Waals surface area contributed by atoms with Crippen molar-refractivity contribution in [2.45, 2.75) is 25.7 Å². The van der Waals surface area contributed by atoms with Crippen LogP contribution in [0.3, 0.4) is 0 Å². The van der Waals surface area contributed by atoms with Gasteiger partial charge in [-0.3, -0.25) is 4.79 Å². The largest absolute Gasteiger partial charge is 0.384 e. The fraction of sp³-hybridized carbons (Fsp3) is 0.500. The summed E-state index contributed by atoms with van der Waals surface area (Å²) in [5.74, 6) is 5.86. The molecule has 0 unspecified atom stereocenters. The van der Waals surface area contributed by atoms with E-state index in [0.29, 0.717) is 17.2 Å². The van der Waals surface area contributed by atoms with Crippen molar-refractivity contribution in [1.82, 2.24) is 9.88 Å². The van der Waals surface area contributed by atoms with Gasteiger partial charge in [0, 0.05) is 19.8 Å². The topological polar surface area (TPSA) is 53.4 Å². The maximum atomic E-state index is 12.4. The summed E-state index contributed by atoms with van der Waals surface area (Å²) in [5.41, 5.74) is 0.943. The van der Waals surface area contributed by atoms with Gasteiger partial charge in [0.05, 0.1) is 5.56 Å². The van der Waals surface area contributed by atoms with E-state index in [2.05, 4.69) is 16.8 Å². The first-order valence-electron chi connectivity index (χ1n) is 7.02. The minimum atomic E-state index is -0.222. The Morgan fingerprint density at radius 1 is 1.50 bits per heavy atom. The Labute approximate surface area is 119 Å². The molecule has 4 heteroatoms. The van der Waals surface area contributed by atoms with Crippen LogP contribution >= 0.6 is 0 Å². The molecular weight excluding hydrogens is 252 g/mol. The Balaban J connectivity index is 2.11. The minimum Gasteiger partial charge on any atom is -0.384 e. The van der Waals surface area contributed by atoms with Gasteiger partial charge in [-0.15, -0.1) is 0 Å². The number of rotatable bonds is 3. The Morgan fingerprint density at radius 2 is 2.25 bits per heavy atom.